The highest BCUT2D eigenvalue weighted by Gasteiger charge is 2.17. The molecule has 0 fully saturated rings. The molecular weight excluding hydrogens is 190 g/mol. The summed E-state index contributed by atoms with van der Waals surface area (Å²) in [5.41, 5.74) is 3.42. The van der Waals surface area contributed by atoms with E-state index in [9.17, 15) is 4.79 Å². The van der Waals surface area contributed by atoms with E-state index in [4.69, 9.17) is 5.11 Å². The van der Waals surface area contributed by atoms with E-state index in [1.807, 2.05) is 32.0 Å². The molecule has 0 saturated heterocycles. The summed E-state index contributed by atoms with van der Waals surface area (Å²) in [7, 11) is 1.67. The second kappa shape index (κ2) is 4.94. The van der Waals surface area contributed by atoms with Gasteiger partial charge in [-0.3, -0.25) is 4.79 Å². The molecule has 2 N–H and O–H groups in total. The maximum absolute atomic E-state index is 10.9. The maximum atomic E-state index is 10.9. The molecule has 0 aliphatic heterocycles. The molecular formula is C12H17NO2. The summed E-state index contributed by atoms with van der Waals surface area (Å²) < 4.78 is 0. The highest BCUT2D eigenvalue weighted by Crippen LogP contribution is 2.15. The average Bonchev–Trinajstić information content (AvgIpc) is 2.17. The number of benzene rings is 1. The molecule has 0 amide bonds. The van der Waals surface area contributed by atoms with Gasteiger partial charge in [-0.1, -0.05) is 18.2 Å². The van der Waals surface area contributed by atoms with Crippen molar-refractivity contribution >= 4 is 5.97 Å². The first kappa shape index (κ1) is 11.7. The third-order valence-corrected chi connectivity index (χ3v) is 2.70. The molecule has 0 aliphatic rings. The monoisotopic (exact) mass is 207 g/mol. The summed E-state index contributed by atoms with van der Waals surface area (Å²) in [4.78, 5) is 10.9. The van der Waals surface area contributed by atoms with Gasteiger partial charge in [0.05, 0.1) is 0 Å². The topological polar surface area (TPSA) is 49.3 Å². The van der Waals surface area contributed by atoms with Crippen LogP contribution < -0.4 is 5.32 Å². The Bertz CT molecular complexity index is 340. The van der Waals surface area contributed by atoms with Gasteiger partial charge >= 0.3 is 5.97 Å². The second-order valence-electron chi connectivity index (χ2n) is 3.75. The van der Waals surface area contributed by atoms with E-state index in [-0.39, 0.29) is 0 Å². The van der Waals surface area contributed by atoms with Crippen LogP contribution in [0.4, 0.5) is 0 Å². The Labute approximate surface area is 90.1 Å². The molecule has 82 valence electrons. The Morgan fingerprint density at radius 1 is 1.40 bits per heavy atom. The van der Waals surface area contributed by atoms with Crippen LogP contribution in [0.5, 0.6) is 0 Å². The first-order chi connectivity index (χ1) is 7.06. The molecule has 0 spiro atoms. The lowest BCUT2D eigenvalue weighted by molar-refractivity contribution is -0.139. The molecule has 3 heteroatoms. The number of likely N-dealkylation sites (N-methyl/N-ethyl adjacent to an activating group) is 1. The molecule has 15 heavy (non-hydrogen) atoms. The number of carbonyl (C=O) groups is 1. The third-order valence-electron chi connectivity index (χ3n) is 2.70. The SMILES string of the molecule is CN[C@@H](Cc1c(C)cccc1C)C(=O)O. The third kappa shape index (κ3) is 2.80. The van der Waals surface area contributed by atoms with Crippen LogP contribution in [-0.2, 0) is 11.2 Å². The molecule has 1 atom stereocenters. The lowest BCUT2D eigenvalue weighted by Gasteiger charge is -2.15. The van der Waals surface area contributed by atoms with Gasteiger partial charge in [-0.05, 0) is 44.0 Å². The van der Waals surface area contributed by atoms with Gasteiger partial charge in [0.2, 0.25) is 0 Å². The molecule has 1 aromatic rings. The Morgan fingerprint density at radius 3 is 2.33 bits per heavy atom. The molecule has 0 saturated carbocycles. The molecule has 0 heterocycles. The predicted octanol–water partition coefficient (Wildman–Crippen LogP) is 1.52. The zero-order valence-corrected chi connectivity index (χ0v) is 9.37. The normalized spacial score (nSPS) is 12.5. The number of aliphatic carboxylic acids is 1. The standard InChI is InChI=1S/C12H17NO2/c1-8-5-4-6-9(2)10(8)7-11(13-3)12(14)15/h4-6,11,13H,7H2,1-3H3,(H,14,15)/t11-/m0/s1. The fourth-order valence-electron chi connectivity index (χ4n) is 1.69. The van der Waals surface area contributed by atoms with Crippen LogP contribution in [0, 0.1) is 13.8 Å². The van der Waals surface area contributed by atoms with Crippen LogP contribution in [0.2, 0.25) is 0 Å². The highest BCUT2D eigenvalue weighted by atomic mass is 16.4. The van der Waals surface area contributed by atoms with Crippen LogP contribution in [0.15, 0.2) is 18.2 Å². The largest absolute Gasteiger partial charge is 0.480 e. The van der Waals surface area contributed by atoms with Gasteiger partial charge in [0, 0.05) is 0 Å². The van der Waals surface area contributed by atoms with Gasteiger partial charge in [-0.2, -0.15) is 0 Å². The average molecular weight is 207 g/mol. The smallest absolute Gasteiger partial charge is 0.321 e. The van der Waals surface area contributed by atoms with Crippen LogP contribution in [0.1, 0.15) is 16.7 Å². The fourth-order valence-corrected chi connectivity index (χ4v) is 1.69. The minimum absolute atomic E-state index is 0.509. The molecule has 0 bridgehead atoms. The van der Waals surface area contributed by atoms with Gasteiger partial charge in [0.15, 0.2) is 0 Å². The van der Waals surface area contributed by atoms with E-state index >= 15 is 0 Å². The number of hydrogen-bond donors (Lipinski definition) is 2. The molecule has 1 rings (SSSR count). The van der Waals surface area contributed by atoms with Crippen molar-refractivity contribution in [2.24, 2.45) is 0 Å². The van der Waals surface area contributed by atoms with Gasteiger partial charge in [0.25, 0.3) is 0 Å². The Balaban J connectivity index is 2.92. The van der Waals surface area contributed by atoms with Crippen molar-refractivity contribution in [2.75, 3.05) is 7.05 Å². The van der Waals surface area contributed by atoms with Crippen molar-refractivity contribution in [1.29, 1.82) is 0 Å². The molecule has 0 unspecified atom stereocenters. The summed E-state index contributed by atoms with van der Waals surface area (Å²) >= 11 is 0. The summed E-state index contributed by atoms with van der Waals surface area (Å²) in [5, 5.41) is 11.8. The van der Waals surface area contributed by atoms with Gasteiger partial charge < -0.3 is 10.4 Å². The Morgan fingerprint density at radius 2 is 1.93 bits per heavy atom. The lowest BCUT2D eigenvalue weighted by Crippen LogP contribution is -2.36. The van der Waals surface area contributed by atoms with Crippen molar-refractivity contribution in [3.8, 4) is 0 Å². The Kier molecular flexibility index (Phi) is 3.86. The van der Waals surface area contributed by atoms with Crippen molar-refractivity contribution < 1.29 is 9.90 Å². The van der Waals surface area contributed by atoms with Gasteiger partial charge in [-0.15, -0.1) is 0 Å². The van der Waals surface area contributed by atoms with E-state index < -0.39 is 12.0 Å². The number of aryl methyl sites for hydroxylation is 2. The minimum atomic E-state index is -0.805. The number of hydrogen-bond acceptors (Lipinski definition) is 2. The first-order valence-corrected chi connectivity index (χ1v) is 5.01. The number of carboxylic acid groups (broad SMARTS) is 1. The van der Waals surface area contributed by atoms with Crippen LogP contribution in [-0.4, -0.2) is 24.2 Å². The summed E-state index contributed by atoms with van der Waals surface area (Å²) in [6, 6.07) is 5.50. The number of carboxylic acids is 1. The number of rotatable bonds is 4. The van der Waals surface area contributed by atoms with Crippen molar-refractivity contribution in [3.05, 3.63) is 34.9 Å². The predicted molar refractivity (Wildman–Crippen MR) is 60.1 cm³/mol. The summed E-state index contributed by atoms with van der Waals surface area (Å²) in [5.74, 6) is -0.805. The summed E-state index contributed by atoms with van der Waals surface area (Å²) in [6.45, 7) is 4.02. The molecule has 3 nitrogen and oxygen atoms in total. The van der Waals surface area contributed by atoms with Crippen molar-refractivity contribution in [2.45, 2.75) is 26.3 Å². The zero-order valence-electron chi connectivity index (χ0n) is 9.37. The minimum Gasteiger partial charge on any atom is -0.480 e. The van der Waals surface area contributed by atoms with E-state index in [0.29, 0.717) is 6.42 Å². The quantitative estimate of drug-likeness (QED) is 0.787. The maximum Gasteiger partial charge on any atom is 0.321 e. The van der Waals surface area contributed by atoms with Crippen LogP contribution >= 0.6 is 0 Å². The van der Waals surface area contributed by atoms with Gasteiger partial charge in [-0.25, -0.2) is 0 Å². The fraction of sp³-hybridized carbons (Fsp3) is 0.417. The number of nitrogens with one attached hydrogen (secondary N) is 1. The van der Waals surface area contributed by atoms with E-state index in [0.717, 1.165) is 16.7 Å². The lowest BCUT2D eigenvalue weighted by atomic mass is 9.96. The Hall–Kier alpha value is -1.35. The zero-order chi connectivity index (χ0) is 11.4. The molecule has 1 aromatic carbocycles. The highest BCUT2D eigenvalue weighted by molar-refractivity contribution is 5.74. The van der Waals surface area contributed by atoms with E-state index in [2.05, 4.69) is 5.32 Å². The van der Waals surface area contributed by atoms with Crippen molar-refractivity contribution in [3.63, 3.8) is 0 Å². The van der Waals surface area contributed by atoms with E-state index in [1.54, 1.807) is 7.05 Å². The summed E-state index contributed by atoms with van der Waals surface area (Å²) in [6.07, 6.45) is 0.532. The van der Waals surface area contributed by atoms with Crippen LogP contribution in [0.25, 0.3) is 0 Å². The van der Waals surface area contributed by atoms with E-state index in [1.165, 1.54) is 0 Å². The molecule has 0 aromatic heterocycles. The molecule has 0 radical (unpaired) electrons. The van der Waals surface area contributed by atoms with Gasteiger partial charge in [0.1, 0.15) is 6.04 Å². The molecule has 0 aliphatic carbocycles. The second-order valence-corrected chi connectivity index (χ2v) is 3.75. The van der Waals surface area contributed by atoms with Crippen LogP contribution in [0.3, 0.4) is 0 Å². The first-order valence-electron chi connectivity index (χ1n) is 5.01. The van der Waals surface area contributed by atoms with Crippen molar-refractivity contribution in [1.82, 2.24) is 5.32 Å².